The molecule has 0 atom stereocenters. The minimum Gasteiger partial charge on any atom is -0.337 e. The molecule has 0 spiro atoms. The molecule has 5 nitrogen and oxygen atoms in total. The number of rotatable bonds is 2. The van der Waals surface area contributed by atoms with E-state index in [4.69, 9.17) is 11.6 Å². The summed E-state index contributed by atoms with van der Waals surface area (Å²) in [6, 6.07) is 7.30. The number of hydrogen-bond donors (Lipinski definition) is 0. The van der Waals surface area contributed by atoms with E-state index in [9.17, 15) is 4.79 Å². The maximum Gasteiger partial charge on any atom is 0.276 e. The molecule has 1 aromatic carbocycles. The highest BCUT2D eigenvalue weighted by Crippen LogP contribution is 2.15. The molecule has 0 bridgehead atoms. The SMILES string of the molecule is O=C(c1cn(-c2cccc(Cl)c2)nn1)N1CCCCCC1. The number of carbonyl (C=O) groups excluding carboxylic acids is 1. The molecule has 1 amide bonds. The van der Waals surface area contributed by atoms with Gasteiger partial charge in [-0.3, -0.25) is 4.79 Å². The highest BCUT2D eigenvalue weighted by Gasteiger charge is 2.20. The third kappa shape index (κ3) is 3.24. The second-order valence-corrected chi connectivity index (χ2v) is 5.67. The third-order valence-electron chi connectivity index (χ3n) is 3.68. The molecule has 2 aromatic rings. The van der Waals surface area contributed by atoms with E-state index in [0.29, 0.717) is 10.7 Å². The quantitative estimate of drug-likeness (QED) is 0.857. The van der Waals surface area contributed by atoms with Crippen molar-refractivity contribution in [2.75, 3.05) is 13.1 Å². The summed E-state index contributed by atoms with van der Waals surface area (Å²) < 4.78 is 1.58. The topological polar surface area (TPSA) is 51.0 Å². The average molecular weight is 305 g/mol. The maximum absolute atomic E-state index is 12.4. The molecule has 0 N–H and O–H groups in total. The van der Waals surface area contributed by atoms with Crippen molar-refractivity contribution in [1.29, 1.82) is 0 Å². The summed E-state index contributed by atoms with van der Waals surface area (Å²) in [6.07, 6.45) is 6.18. The Kier molecular flexibility index (Phi) is 4.20. The van der Waals surface area contributed by atoms with Crippen LogP contribution >= 0.6 is 11.6 Å². The van der Waals surface area contributed by atoms with E-state index < -0.39 is 0 Å². The molecule has 3 rings (SSSR count). The van der Waals surface area contributed by atoms with Crippen molar-refractivity contribution < 1.29 is 4.79 Å². The molecule has 0 saturated carbocycles. The van der Waals surface area contributed by atoms with Crippen LogP contribution < -0.4 is 0 Å². The summed E-state index contributed by atoms with van der Waals surface area (Å²) in [5.74, 6) is -0.0369. The highest BCUT2D eigenvalue weighted by atomic mass is 35.5. The fraction of sp³-hybridized carbons (Fsp3) is 0.400. The fourth-order valence-electron chi connectivity index (χ4n) is 2.54. The Morgan fingerprint density at radius 1 is 1.14 bits per heavy atom. The second-order valence-electron chi connectivity index (χ2n) is 5.23. The zero-order valence-corrected chi connectivity index (χ0v) is 12.5. The molecule has 0 unspecified atom stereocenters. The molecular weight excluding hydrogens is 288 g/mol. The number of carbonyl (C=O) groups is 1. The van der Waals surface area contributed by atoms with Gasteiger partial charge in [-0.15, -0.1) is 5.10 Å². The van der Waals surface area contributed by atoms with Crippen LogP contribution in [0.25, 0.3) is 5.69 Å². The van der Waals surface area contributed by atoms with Gasteiger partial charge in [0.1, 0.15) is 0 Å². The molecule has 1 saturated heterocycles. The van der Waals surface area contributed by atoms with Crippen LogP contribution in [-0.2, 0) is 0 Å². The molecule has 1 aliphatic heterocycles. The lowest BCUT2D eigenvalue weighted by Gasteiger charge is -2.18. The van der Waals surface area contributed by atoms with Crippen molar-refractivity contribution in [2.24, 2.45) is 0 Å². The second kappa shape index (κ2) is 6.26. The normalized spacial score (nSPS) is 15.8. The molecular formula is C15H17ClN4O. The Morgan fingerprint density at radius 2 is 1.90 bits per heavy atom. The zero-order valence-electron chi connectivity index (χ0n) is 11.7. The van der Waals surface area contributed by atoms with E-state index in [0.717, 1.165) is 31.6 Å². The Morgan fingerprint density at radius 3 is 2.62 bits per heavy atom. The molecule has 1 fully saturated rings. The van der Waals surface area contributed by atoms with E-state index >= 15 is 0 Å². The minimum absolute atomic E-state index is 0.0369. The van der Waals surface area contributed by atoms with Gasteiger partial charge in [0.25, 0.3) is 5.91 Å². The molecule has 0 radical (unpaired) electrons. The molecule has 6 heteroatoms. The van der Waals surface area contributed by atoms with Gasteiger partial charge in [-0.1, -0.05) is 35.7 Å². The first-order valence-electron chi connectivity index (χ1n) is 7.21. The molecule has 21 heavy (non-hydrogen) atoms. The van der Waals surface area contributed by atoms with Crippen LogP contribution in [0.1, 0.15) is 36.2 Å². The molecule has 110 valence electrons. The van der Waals surface area contributed by atoms with Crippen LogP contribution in [0.3, 0.4) is 0 Å². The van der Waals surface area contributed by atoms with E-state index in [-0.39, 0.29) is 5.91 Å². The summed E-state index contributed by atoms with van der Waals surface area (Å²) in [7, 11) is 0. The Labute approximate surface area is 128 Å². The van der Waals surface area contributed by atoms with Gasteiger partial charge in [-0.25, -0.2) is 4.68 Å². The minimum atomic E-state index is -0.0369. The van der Waals surface area contributed by atoms with Gasteiger partial charge < -0.3 is 4.90 Å². The monoisotopic (exact) mass is 304 g/mol. The summed E-state index contributed by atoms with van der Waals surface area (Å²) >= 11 is 5.97. The number of amides is 1. The predicted molar refractivity (Wildman–Crippen MR) is 80.7 cm³/mol. The number of nitrogens with zero attached hydrogens (tertiary/aromatic N) is 4. The van der Waals surface area contributed by atoms with Crippen LogP contribution in [0, 0.1) is 0 Å². The zero-order chi connectivity index (χ0) is 14.7. The van der Waals surface area contributed by atoms with Crippen molar-refractivity contribution in [3.05, 3.63) is 41.2 Å². The van der Waals surface area contributed by atoms with Crippen LogP contribution in [0.5, 0.6) is 0 Å². The van der Waals surface area contributed by atoms with Crippen molar-refractivity contribution in [3.63, 3.8) is 0 Å². The molecule has 1 aromatic heterocycles. The molecule has 0 aliphatic carbocycles. The largest absolute Gasteiger partial charge is 0.337 e. The first kappa shape index (κ1) is 14.1. The van der Waals surface area contributed by atoms with Crippen molar-refractivity contribution >= 4 is 17.5 Å². The van der Waals surface area contributed by atoms with Crippen molar-refractivity contribution in [1.82, 2.24) is 19.9 Å². The van der Waals surface area contributed by atoms with Crippen LogP contribution in [0.15, 0.2) is 30.5 Å². The lowest BCUT2D eigenvalue weighted by atomic mass is 10.2. The first-order chi connectivity index (χ1) is 10.2. The smallest absolute Gasteiger partial charge is 0.276 e. The fourth-order valence-corrected chi connectivity index (χ4v) is 2.73. The van der Waals surface area contributed by atoms with E-state index in [1.165, 1.54) is 12.8 Å². The number of benzene rings is 1. The predicted octanol–water partition coefficient (Wildman–Crippen LogP) is 2.94. The highest BCUT2D eigenvalue weighted by molar-refractivity contribution is 6.30. The molecule has 1 aliphatic rings. The van der Waals surface area contributed by atoms with Gasteiger partial charge in [0, 0.05) is 18.1 Å². The lowest BCUT2D eigenvalue weighted by molar-refractivity contribution is 0.0755. The Hall–Kier alpha value is -1.88. The van der Waals surface area contributed by atoms with Crippen molar-refractivity contribution in [3.8, 4) is 5.69 Å². The van der Waals surface area contributed by atoms with Crippen molar-refractivity contribution in [2.45, 2.75) is 25.7 Å². The van der Waals surface area contributed by atoms with Crippen LogP contribution in [0.4, 0.5) is 0 Å². The third-order valence-corrected chi connectivity index (χ3v) is 3.91. The van der Waals surface area contributed by atoms with Crippen LogP contribution in [-0.4, -0.2) is 38.9 Å². The number of likely N-dealkylation sites (tertiary alicyclic amines) is 1. The Bertz CT molecular complexity index is 632. The summed E-state index contributed by atoms with van der Waals surface area (Å²) in [6.45, 7) is 1.62. The number of halogens is 1. The number of hydrogen-bond acceptors (Lipinski definition) is 3. The van der Waals surface area contributed by atoms with Crippen LogP contribution in [0.2, 0.25) is 5.02 Å². The van der Waals surface area contributed by atoms with E-state index in [1.54, 1.807) is 23.0 Å². The summed E-state index contributed by atoms with van der Waals surface area (Å²) in [5, 5.41) is 8.66. The van der Waals surface area contributed by atoms with Gasteiger partial charge >= 0.3 is 0 Å². The maximum atomic E-state index is 12.4. The van der Waals surface area contributed by atoms with Gasteiger partial charge in [0.05, 0.1) is 11.9 Å². The first-order valence-corrected chi connectivity index (χ1v) is 7.59. The number of aromatic nitrogens is 3. The van der Waals surface area contributed by atoms with Gasteiger partial charge in [0.15, 0.2) is 5.69 Å². The average Bonchev–Trinajstić information content (AvgIpc) is 2.82. The van der Waals surface area contributed by atoms with Gasteiger partial charge in [-0.2, -0.15) is 0 Å². The Balaban J connectivity index is 1.79. The summed E-state index contributed by atoms with van der Waals surface area (Å²) in [5.41, 5.74) is 1.18. The summed E-state index contributed by atoms with van der Waals surface area (Å²) in [4.78, 5) is 14.3. The van der Waals surface area contributed by atoms with Gasteiger partial charge in [0.2, 0.25) is 0 Å². The van der Waals surface area contributed by atoms with E-state index in [2.05, 4.69) is 10.3 Å². The standard InChI is InChI=1S/C15H17ClN4O/c16-12-6-5-7-13(10-12)20-11-14(17-18-20)15(21)19-8-3-1-2-4-9-19/h5-7,10-11H,1-4,8-9H2. The van der Waals surface area contributed by atoms with Gasteiger partial charge in [-0.05, 0) is 31.0 Å². The molecule has 2 heterocycles. The van der Waals surface area contributed by atoms with E-state index in [1.807, 2.05) is 17.0 Å². The lowest BCUT2D eigenvalue weighted by Crippen LogP contribution is -2.32.